The van der Waals surface area contributed by atoms with Gasteiger partial charge in [-0.3, -0.25) is 4.79 Å². The quantitative estimate of drug-likeness (QED) is 0.575. The Morgan fingerprint density at radius 1 is 0.889 bits per heavy atom. The number of esters is 1. The lowest BCUT2D eigenvalue weighted by Crippen LogP contribution is -2.21. The molecular formula is C18H17Br2NO6. The van der Waals surface area contributed by atoms with Crippen LogP contribution in [0.1, 0.15) is 10.4 Å². The van der Waals surface area contributed by atoms with Crippen molar-refractivity contribution in [2.45, 2.75) is 0 Å². The van der Waals surface area contributed by atoms with E-state index < -0.39 is 18.5 Å². The Morgan fingerprint density at radius 2 is 1.41 bits per heavy atom. The summed E-state index contributed by atoms with van der Waals surface area (Å²) >= 11 is 6.63. The fraction of sp³-hybridized carbons (Fsp3) is 0.222. The van der Waals surface area contributed by atoms with Crippen molar-refractivity contribution in [1.82, 2.24) is 0 Å². The molecule has 0 aliphatic heterocycles. The molecule has 1 N–H and O–H groups in total. The van der Waals surface area contributed by atoms with Gasteiger partial charge in [0.05, 0.1) is 35.8 Å². The number of benzene rings is 2. The van der Waals surface area contributed by atoms with Crippen LogP contribution in [0.5, 0.6) is 17.2 Å². The molecule has 0 aromatic heterocycles. The predicted octanol–water partition coefficient (Wildman–Crippen LogP) is 4.03. The SMILES string of the molecule is COc1c(Br)c(C(=O)OCC(=O)Nc2ccccc2)c(Br)c(OC)c1OC. The summed E-state index contributed by atoms with van der Waals surface area (Å²) in [6, 6.07) is 8.85. The summed E-state index contributed by atoms with van der Waals surface area (Å²) in [6.07, 6.45) is 0. The zero-order valence-electron chi connectivity index (χ0n) is 14.8. The van der Waals surface area contributed by atoms with E-state index in [1.807, 2.05) is 6.07 Å². The lowest BCUT2D eigenvalue weighted by molar-refractivity contribution is -0.119. The van der Waals surface area contributed by atoms with Gasteiger partial charge in [-0.05, 0) is 44.0 Å². The Balaban J connectivity index is 2.22. The first-order valence-electron chi connectivity index (χ1n) is 7.63. The molecule has 144 valence electrons. The van der Waals surface area contributed by atoms with Crippen LogP contribution >= 0.6 is 31.9 Å². The van der Waals surface area contributed by atoms with Crippen LogP contribution < -0.4 is 19.5 Å². The minimum atomic E-state index is -0.740. The first kappa shape index (κ1) is 21.0. The first-order valence-corrected chi connectivity index (χ1v) is 9.22. The van der Waals surface area contributed by atoms with Gasteiger partial charge in [-0.2, -0.15) is 0 Å². The first-order chi connectivity index (χ1) is 12.9. The third kappa shape index (κ3) is 4.72. The Morgan fingerprint density at radius 3 is 1.89 bits per heavy atom. The maximum absolute atomic E-state index is 12.6. The highest BCUT2D eigenvalue weighted by Gasteiger charge is 2.29. The van der Waals surface area contributed by atoms with Crippen molar-refractivity contribution in [3.8, 4) is 17.2 Å². The van der Waals surface area contributed by atoms with Crippen molar-refractivity contribution in [2.24, 2.45) is 0 Å². The zero-order valence-corrected chi connectivity index (χ0v) is 18.0. The van der Waals surface area contributed by atoms with Gasteiger partial charge in [0.1, 0.15) is 0 Å². The topological polar surface area (TPSA) is 83.1 Å². The van der Waals surface area contributed by atoms with Crippen molar-refractivity contribution < 1.29 is 28.5 Å². The van der Waals surface area contributed by atoms with Crippen molar-refractivity contribution in [3.05, 3.63) is 44.8 Å². The standard InChI is InChI=1S/C18H17Br2NO6/c1-24-15-13(19)12(14(20)16(25-2)17(15)26-3)18(23)27-9-11(22)21-10-7-5-4-6-8-10/h4-8H,9H2,1-3H3,(H,21,22). The monoisotopic (exact) mass is 501 g/mol. The van der Waals surface area contributed by atoms with E-state index in [4.69, 9.17) is 18.9 Å². The molecule has 1 amide bonds. The molecule has 0 bridgehead atoms. The second-order valence-corrected chi connectivity index (χ2v) is 6.68. The van der Waals surface area contributed by atoms with Crippen molar-refractivity contribution >= 4 is 49.4 Å². The van der Waals surface area contributed by atoms with E-state index in [0.29, 0.717) is 20.4 Å². The van der Waals surface area contributed by atoms with Crippen LogP contribution in [-0.4, -0.2) is 39.8 Å². The van der Waals surface area contributed by atoms with Gasteiger partial charge in [0, 0.05) is 5.69 Å². The number of ether oxygens (including phenoxy) is 4. The van der Waals surface area contributed by atoms with E-state index in [9.17, 15) is 9.59 Å². The smallest absolute Gasteiger partial charge is 0.341 e. The minimum Gasteiger partial charge on any atom is -0.492 e. The van der Waals surface area contributed by atoms with Crippen LogP contribution in [0.2, 0.25) is 0 Å². The van der Waals surface area contributed by atoms with E-state index in [1.54, 1.807) is 24.3 Å². The van der Waals surface area contributed by atoms with Gasteiger partial charge in [0.15, 0.2) is 18.1 Å². The fourth-order valence-electron chi connectivity index (χ4n) is 2.28. The molecule has 2 aromatic rings. The number of para-hydroxylation sites is 1. The number of amides is 1. The number of hydrogen-bond acceptors (Lipinski definition) is 6. The molecule has 2 rings (SSSR count). The van der Waals surface area contributed by atoms with Crippen LogP contribution in [0.25, 0.3) is 0 Å². The summed E-state index contributed by atoms with van der Waals surface area (Å²) in [7, 11) is 4.31. The number of rotatable bonds is 7. The highest BCUT2D eigenvalue weighted by Crippen LogP contribution is 2.50. The lowest BCUT2D eigenvalue weighted by atomic mass is 10.2. The van der Waals surface area contributed by atoms with Crippen LogP contribution in [0.4, 0.5) is 5.69 Å². The van der Waals surface area contributed by atoms with Gasteiger partial charge >= 0.3 is 5.97 Å². The Bertz CT molecular complexity index is 810. The third-order valence-electron chi connectivity index (χ3n) is 3.46. The fourth-order valence-corrected chi connectivity index (χ4v) is 3.95. The van der Waals surface area contributed by atoms with Crippen molar-refractivity contribution in [2.75, 3.05) is 33.3 Å². The van der Waals surface area contributed by atoms with Crippen LogP contribution in [0.3, 0.4) is 0 Å². The molecule has 0 fully saturated rings. The Labute approximate surface area is 173 Å². The normalized spacial score (nSPS) is 10.1. The number of carbonyl (C=O) groups excluding carboxylic acids is 2. The number of halogens is 2. The molecule has 0 saturated heterocycles. The second-order valence-electron chi connectivity index (χ2n) is 5.09. The second kappa shape index (κ2) is 9.61. The van der Waals surface area contributed by atoms with Crippen molar-refractivity contribution in [1.29, 1.82) is 0 Å². The van der Waals surface area contributed by atoms with Crippen LogP contribution in [-0.2, 0) is 9.53 Å². The minimum absolute atomic E-state index is 0.108. The molecule has 0 radical (unpaired) electrons. The summed E-state index contributed by atoms with van der Waals surface area (Å²) in [5, 5.41) is 2.63. The molecule has 7 nitrogen and oxygen atoms in total. The van der Waals surface area contributed by atoms with Crippen LogP contribution in [0, 0.1) is 0 Å². The van der Waals surface area contributed by atoms with Gasteiger partial charge in [-0.15, -0.1) is 0 Å². The van der Waals surface area contributed by atoms with Gasteiger partial charge in [-0.1, -0.05) is 18.2 Å². The molecule has 27 heavy (non-hydrogen) atoms. The highest BCUT2D eigenvalue weighted by molar-refractivity contribution is 9.11. The van der Waals surface area contributed by atoms with Crippen molar-refractivity contribution in [3.63, 3.8) is 0 Å². The van der Waals surface area contributed by atoms with E-state index >= 15 is 0 Å². The number of nitrogens with one attached hydrogen (secondary N) is 1. The van der Waals surface area contributed by atoms with Gasteiger partial charge in [0.2, 0.25) is 5.75 Å². The molecule has 0 aliphatic rings. The van der Waals surface area contributed by atoms with E-state index in [1.165, 1.54) is 21.3 Å². The van der Waals surface area contributed by atoms with Gasteiger partial charge < -0.3 is 24.3 Å². The van der Waals surface area contributed by atoms with Gasteiger partial charge in [-0.25, -0.2) is 4.79 Å². The largest absolute Gasteiger partial charge is 0.492 e. The van der Waals surface area contributed by atoms with Crippen LogP contribution in [0.15, 0.2) is 39.3 Å². The van der Waals surface area contributed by atoms with E-state index in [2.05, 4.69) is 37.2 Å². The lowest BCUT2D eigenvalue weighted by Gasteiger charge is -2.18. The Hall–Kier alpha value is -2.26. The summed E-state index contributed by atoms with van der Waals surface area (Å²) in [5.41, 5.74) is 0.714. The third-order valence-corrected chi connectivity index (χ3v) is 4.97. The van der Waals surface area contributed by atoms with E-state index in [-0.39, 0.29) is 17.1 Å². The molecule has 2 aromatic carbocycles. The maximum Gasteiger partial charge on any atom is 0.341 e. The molecule has 0 spiro atoms. The number of methoxy groups -OCH3 is 3. The summed E-state index contributed by atoms with van der Waals surface area (Å²) in [4.78, 5) is 24.5. The molecule has 0 saturated carbocycles. The highest BCUT2D eigenvalue weighted by atomic mass is 79.9. The molecule has 0 aliphatic carbocycles. The van der Waals surface area contributed by atoms with Gasteiger partial charge in [0.25, 0.3) is 5.91 Å². The summed E-state index contributed by atoms with van der Waals surface area (Å²) < 4.78 is 21.6. The van der Waals surface area contributed by atoms with E-state index in [0.717, 1.165) is 0 Å². The molecule has 0 heterocycles. The molecule has 9 heteroatoms. The average molecular weight is 503 g/mol. The summed E-state index contributed by atoms with van der Waals surface area (Å²) in [5.74, 6) is -0.376. The molecular weight excluding hydrogens is 486 g/mol. The maximum atomic E-state index is 12.6. The Kier molecular flexibility index (Phi) is 7.49. The summed E-state index contributed by atoms with van der Waals surface area (Å²) in [6.45, 7) is -0.455. The number of anilines is 1. The number of carbonyl (C=O) groups is 2. The predicted molar refractivity (Wildman–Crippen MR) is 107 cm³/mol. The number of hydrogen-bond donors (Lipinski definition) is 1. The zero-order chi connectivity index (χ0) is 20.0. The molecule has 0 unspecified atom stereocenters. The molecule has 0 atom stereocenters. The average Bonchev–Trinajstić information content (AvgIpc) is 2.66.